The molecule has 0 aromatic heterocycles. The molecule has 0 nitrogen and oxygen atoms in total. The summed E-state index contributed by atoms with van der Waals surface area (Å²) < 4.78 is 1.48. The van der Waals surface area contributed by atoms with Gasteiger partial charge in [0.15, 0.2) is 0 Å². The van der Waals surface area contributed by atoms with Gasteiger partial charge in [0.2, 0.25) is 0 Å². The quantitative estimate of drug-likeness (QED) is 0.336. The third-order valence-corrected chi connectivity index (χ3v) is 27.5. The molecule has 1 atom stereocenters. The summed E-state index contributed by atoms with van der Waals surface area (Å²) >= 11 is -1.87. The fourth-order valence-electron chi connectivity index (χ4n) is 5.74. The Bertz CT molecular complexity index is 1150. The van der Waals surface area contributed by atoms with E-state index in [2.05, 4.69) is 102 Å². The van der Waals surface area contributed by atoms with Crippen LogP contribution in [-0.2, 0) is 26.8 Å². The molecule has 1 unspecified atom stereocenters. The standard InChI is InChI=1S/C19H19.C9H13.C2H6Si.Zr/c1-2-3-7-15-8-6-10-17(14-15)19-13-12-16-9-4-5-11-18(16)19;1-6-5-7(2)9(4)8(6)3;1-3-2;/h4-6,8-14H,2-3,7H2,1H3;5H,1-4H3;1-2H3;. The number of aryl methyl sites for hydroxylation is 1. The Hall–Kier alpha value is -1.24. The molecule has 0 saturated heterocycles. The summed E-state index contributed by atoms with van der Waals surface area (Å²) in [7, 11) is 0. The molecule has 0 radical (unpaired) electrons. The molecule has 4 rings (SSSR count). The molecule has 2 aliphatic carbocycles. The number of unbranched alkanes of at least 4 members (excludes halogenated alkanes) is 1. The van der Waals surface area contributed by atoms with Gasteiger partial charge in [-0.25, -0.2) is 0 Å². The number of allylic oxidation sites excluding steroid dienone is 5. The van der Waals surface area contributed by atoms with E-state index < -0.39 is 20.4 Å². The predicted octanol–water partition coefficient (Wildman–Crippen LogP) is 8.86. The Labute approximate surface area is 203 Å². The van der Waals surface area contributed by atoms with Crippen LogP contribution in [0.25, 0.3) is 5.57 Å². The molecule has 0 bridgehead atoms. The number of benzene rings is 2. The first-order valence-electron chi connectivity index (χ1n) is 12.3. The topological polar surface area (TPSA) is 0 Å². The fraction of sp³-hybridized carbons (Fsp3) is 0.400. The molecule has 0 spiro atoms. The molecule has 2 heteroatoms. The van der Waals surface area contributed by atoms with E-state index in [1.807, 2.05) is 0 Å². The third kappa shape index (κ3) is 4.30. The first-order chi connectivity index (χ1) is 15.3. The van der Waals surface area contributed by atoms with E-state index in [4.69, 9.17) is 0 Å². The van der Waals surface area contributed by atoms with Crippen LogP contribution in [0.15, 0.2) is 76.9 Å². The van der Waals surface area contributed by atoms with Crippen molar-refractivity contribution in [1.29, 1.82) is 0 Å². The molecule has 2 aliphatic rings. The summed E-state index contributed by atoms with van der Waals surface area (Å²) in [6, 6.07) is 18.7. The number of hydrogen-bond donors (Lipinski definition) is 0. The van der Waals surface area contributed by atoms with Crippen LogP contribution in [0, 0.1) is 0 Å². The zero-order valence-electron chi connectivity index (χ0n) is 21.0. The van der Waals surface area contributed by atoms with E-state index in [-0.39, 0.29) is 5.43 Å². The average molecular weight is 518 g/mol. The summed E-state index contributed by atoms with van der Waals surface area (Å²) in [6.07, 6.45) is 6.44. The van der Waals surface area contributed by atoms with Crippen LogP contribution in [0.5, 0.6) is 0 Å². The molecule has 0 aliphatic heterocycles. The maximum atomic E-state index is 2.72. The van der Waals surface area contributed by atoms with Crippen LogP contribution in [0.3, 0.4) is 0 Å². The molecule has 166 valence electrons. The SMILES string of the molecule is CCCCc1cccc(C2=C[CH]([Zr]([CH]3C(C)=C(C)C(C)=C3C)=[Si](C)C)c3ccccc32)c1. The second-order valence-electron chi connectivity index (χ2n) is 9.95. The predicted molar refractivity (Wildman–Crippen MR) is 139 cm³/mol. The van der Waals surface area contributed by atoms with Gasteiger partial charge in [0, 0.05) is 0 Å². The van der Waals surface area contributed by atoms with Gasteiger partial charge in [-0.05, 0) is 0 Å². The molecular formula is C30H38SiZr. The fourth-order valence-corrected chi connectivity index (χ4v) is 26.3. The van der Waals surface area contributed by atoms with Gasteiger partial charge in [-0.1, -0.05) is 0 Å². The van der Waals surface area contributed by atoms with E-state index in [0.717, 1.165) is 3.63 Å². The maximum absolute atomic E-state index is 2.72. The first-order valence-corrected chi connectivity index (χ1v) is 21.3. The summed E-state index contributed by atoms with van der Waals surface area (Å²) in [4.78, 5) is 0. The Balaban J connectivity index is 1.84. The van der Waals surface area contributed by atoms with E-state index in [0.29, 0.717) is 3.63 Å². The molecule has 32 heavy (non-hydrogen) atoms. The van der Waals surface area contributed by atoms with Gasteiger partial charge < -0.3 is 0 Å². The monoisotopic (exact) mass is 516 g/mol. The van der Waals surface area contributed by atoms with Gasteiger partial charge >= 0.3 is 205 Å². The van der Waals surface area contributed by atoms with Crippen molar-refractivity contribution in [2.75, 3.05) is 0 Å². The van der Waals surface area contributed by atoms with Crippen molar-refractivity contribution in [3.63, 3.8) is 0 Å². The normalized spacial score (nSPS) is 18.3. The van der Waals surface area contributed by atoms with E-state index in [9.17, 15) is 0 Å². The average Bonchev–Trinajstić information content (AvgIpc) is 3.26. The molecule has 2 aromatic carbocycles. The van der Waals surface area contributed by atoms with Crippen molar-refractivity contribution in [3.05, 3.63) is 99.2 Å². The van der Waals surface area contributed by atoms with Crippen LogP contribution in [-0.4, -0.2) is 5.43 Å². The van der Waals surface area contributed by atoms with Crippen molar-refractivity contribution in [2.24, 2.45) is 0 Å². The Morgan fingerprint density at radius 1 is 0.875 bits per heavy atom. The van der Waals surface area contributed by atoms with Gasteiger partial charge in [0.25, 0.3) is 0 Å². The van der Waals surface area contributed by atoms with Crippen molar-refractivity contribution >= 4 is 11.0 Å². The zero-order chi connectivity index (χ0) is 23.0. The number of rotatable bonds is 6. The van der Waals surface area contributed by atoms with Crippen molar-refractivity contribution in [3.8, 4) is 0 Å². The summed E-state index contributed by atoms with van der Waals surface area (Å²) in [6.45, 7) is 17.1. The molecular weight excluding hydrogens is 480 g/mol. The number of fused-ring (bicyclic) bond motifs is 1. The van der Waals surface area contributed by atoms with Gasteiger partial charge in [0.05, 0.1) is 0 Å². The number of hydrogen-bond acceptors (Lipinski definition) is 0. The minimum absolute atomic E-state index is 0.333. The molecule has 0 saturated carbocycles. The Kier molecular flexibility index (Phi) is 7.43. The molecule has 0 fully saturated rings. The van der Waals surface area contributed by atoms with Gasteiger partial charge in [-0.3, -0.25) is 0 Å². The summed E-state index contributed by atoms with van der Waals surface area (Å²) in [5, 5.41) is 0. The Morgan fingerprint density at radius 3 is 2.22 bits per heavy atom. The van der Waals surface area contributed by atoms with Crippen LogP contribution >= 0.6 is 0 Å². The molecule has 0 N–H and O–H groups in total. The first kappa shape index (κ1) is 23.9. The van der Waals surface area contributed by atoms with Crippen LogP contribution < -0.4 is 0 Å². The molecule has 2 aromatic rings. The molecule has 0 amide bonds. The van der Waals surface area contributed by atoms with Crippen molar-refractivity contribution in [2.45, 2.75) is 74.2 Å². The van der Waals surface area contributed by atoms with Crippen LogP contribution in [0.1, 0.15) is 73.3 Å². The third-order valence-electron chi connectivity index (χ3n) is 7.81. The van der Waals surface area contributed by atoms with E-state index in [1.54, 1.807) is 27.9 Å². The van der Waals surface area contributed by atoms with Crippen molar-refractivity contribution < 1.29 is 20.4 Å². The van der Waals surface area contributed by atoms with Gasteiger partial charge in [-0.15, -0.1) is 0 Å². The Morgan fingerprint density at radius 2 is 1.56 bits per heavy atom. The molecule has 0 heterocycles. The van der Waals surface area contributed by atoms with Crippen LogP contribution in [0.2, 0.25) is 16.7 Å². The summed E-state index contributed by atoms with van der Waals surface area (Å²) in [5.74, 6) is 0. The van der Waals surface area contributed by atoms with Gasteiger partial charge in [-0.2, -0.15) is 0 Å². The van der Waals surface area contributed by atoms with E-state index in [1.165, 1.54) is 41.5 Å². The summed E-state index contributed by atoms with van der Waals surface area (Å²) in [5.41, 5.74) is 13.8. The van der Waals surface area contributed by atoms with Crippen LogP contribution in [0.4, 0.5) is 0 Å². The van der Waals surface area contributed by atoms with E-state index >= 15 is 0 Å². The second-order valence-corrected chi connectivity index (χ2v) is 27.9. The second kappa shape index (κ2) is 9.94. The van der Waals surface area contributed by atoms with Crippen molar-refractivity contribution in [1.82, 2.24) is 0 Å². The zero-order valence-corrected chi connectivity index (χ0v) is 24.4. The van der Waals surface area contributed by atoms with Gasteiger partial charge in [0.1, 0.15) is 0 Å². The minimum atomic E-state index is -1.87.